The normalized spacial score (nSPS) is 16.3. The van der Waals surface area contributed by atoms with Crippen molar-refractivity contribution in [3.8, 4) is 17.1 Å². The molecule has 1 unspecified atom stereocenters. The Morgan fingerprint density at radius 1 is 1.23 bits per heavy atom. The highest BCUT2D eigenvalue weighted by atomic mass is 19.4. The number of alkyl halides is 3. The minimum absolute atomic E-state index is 0.0361. The molecule has 136 valence electrons. The largest absolute Gasteiger partial charge is 0.497 e. The van der Waals surface area contributed by atoms with Crippen molar-refractivity contribution >= 4 is 0 Å². The van der Waals surface area contributed by atoms with E-state index in [1.54, 1.807) is 43.9 Å². The summed E-state index contributed by atoms with van der Waals surface area (Å²) < 4.78 is 49.5. The highest BCUT2D eigenvalue weighted by molar-refractivity contribution is 5.63. The van der Waals surface area contributed by atoms with Gasteiger partial charge in [-0.15, -0.1) is 0 Å². The van der Waals surface area contributed by atoms with Crippen LogP contribution in [0.15, 0.2) is 36.8 Å². The van der Waals surface area contributed by atoms with Crippen LogP contribution in [0.2, 0.25) is 0 Å². The molecule has 1 atom stereocenters. The fourth-order valence-corrected chi connectivity index (χ4v) is 3.47. The van der Waals surface area contributed by atoms with E-state index in [9.17, 15) is 13.2 Å². The molecule has 3 heterocycles. The van der Waals surface area contributed by atoms with Gasteiger partial charge in [-0.2, -0.15) is 18.3 Å². The van der Waals surface area contributed by atoms with Gasteiger partial charge in [0, 0.05) is 11.6 Å². The van der Waals surface area contributed by atoms with Gasteiger partial charge in [-0.05, 0) is 31.0 Å². The summed E-state index contributed by atoms with van der Waals surface area (Å²) >= 11 is 0. The van der Waals surface area contributed by atoms with Gasteiger partial charge in [0.25, 0.3) is 0 Å². The Kier molecular flexibility index (Phi) is 3.78. The Balaban J connectivity index is 1.82. The van der Waals surface area contributed by atoms with Crippen LogP contribution in [-0.4, -0.2) is 26.4 Å². The third-order valence-electron chi connectivity index (χ3n) is 4.69. The van der Waals surface area contributed by atoms with Crippen LogP contribution in [0.4, 0.5) is 13.2 Å². The molecule has 0 aliphatic carbocycles. The molecule has 26 heavy (non-hydrogen) atoms. The number of halogens is 3. The fourth-order valence-electron chi connectivity index (χ4n) is 3.47. The molecule has 0 amide bonds. The first-order valence-electron chi connectivity index (χ1n) is 8.20. The summed E-state index contributed by atoms with van der Waals surface area (Å²) in [5, 5.41) is 4.31. The van der Waals surface area contributed by atoms with Crippen molar-refractivity contribution in [2.45, 2.75) is 32.1 Å². The smallest absolute Gasteiger partial charge is 0.433 e. The second kappa shape index (κ2) is 5.89. The summed E-state index contributed by atoms with van der Waals surface area (Å²) in [7, 11) is 1.54. The van der Waals surface area contributed by atoms with Crippen molar-refractivity contribution in [3.05, 3.63) is 53.6 Å². The standard InChI is InChI=1S/C18H17F3N4O/c1-11-7-14-16(15-8-22-10-24(11)15)23-25(17(14)18(19,20)21)9-12-3-5-13(26-2)6-4-12/h3-6,8,10-11H,7,9H2,1-2H3. The third kappa shape index (κ3) is 2.65. The van der Waals surface area contributed by atoms with Crippen LogP contribution in [0, 0.1) is 0 Å². The van der Waals surface area contributed by atoms with Crippen molar-refractivity contribution in [2.75, 3.05) is 7.11 Å². The van der Waals surface area contributed by atoms with Gasteiger partial charge >= 0.3 is 6.18 Å². The highest BCUT2D eigenvalue weighted by Gasteiger charge is 2.42. The molecule has 1 aliphatic heterocycles. The molecule has 1 aliphatic rings. The topological polar surface area (TPSA) is 44.9 Å². The first-order valence-corrected chi connectivity index (χ1v) is 8.20. The van der Waals surface area contributed by atoms with Gasteiger partial charge in [-0.1, -0.05) is 12.1 Å². The first-order chi connectivity index (χ1) is 12.4. The molecule has 4 rings (SSSR count). The first kappa shape index (κ1) is 16.7. The quantitative estimate of drug-likeness (QED) is 0.709. The third-order valence-corrected chi connectivity index (χ3v) is 4.69. The van der Waals surface area contributed by atoms with Crippen molar-refractivity contribution < 1.29 is 17.9 Å². The van der Waals surface area contributed by atoms with Gasteiger partial charge < -0.3 is 9.30 Å². The number of aromatic nitrogens is 4. The van der Waals surface area contributed by atoms with Crippen molar-refractivity contribution in [1.29, 1.82) is 0 Å². The second-order valence-corrected chi connectivity index (χ2v) is 6.42. The molecule has 0 spiro atoms. The van der Waals surface area contributed by atoms with E-state index in [0.717, 1.165) is 10.2 Å². The van der Waals surface area contributed by atoms with Gasteiger partial charge in [-0.25, -0.2) is 4.98 Å². The number of rotatable bonds is 3. The van der Waals surface area contributed by atoms with Crippen molar-refractivity contribution in [3.63, 3.8) is 0 Å². The Morgan fingerprint density at radius 2 is 1.96 bits per heavy atom. The van der Waals surface area contributed by atoms with E-state index < -0.39 is 11.9 Å². The Morgan fingerprint density at radius 3 is 2.62 bits per heavy atom. The lowest BCUT2D eigenvalue weighted by Gasteiger charge is -2.22. The number of hydrogen-bond acceptors (Lipinski definition) is 3. The second-order valence-electron chi connectivity index (χ2n) is 6.42. The SMILES string of the molecule is COc1ccc(Cn2nc3c(c2C(F)(F)F)CC(C)n2cncc2-3)cc1. The van der Waals surface area contributed by atoms with Crippen LogP contribution in [0.25, 0.3) is 11.4 Å². The maximum Gasteiger partial charge on any atom is 0.433 e. The van der Waals surface area contributed by atoms with Gasteiger partial charge in [0.1, 0.15) is 17.1 Å². The van der Waals surface area contributed by atoms with E-state index >= 15 is 0 Å². The fraction of sp³-hybridized carbons (Fsp3) is 0.333. The molecule has 0 radical (unpaired) electrons. The number of methoxy groups -OCH3 is 1. The minimum atomic E-state index is -4.48. The zero-order valence-corrected chi connectivity index (χ0v) is 14.3. The summed E-state index contributed by atoms with van der Waals surface area (Å²) in [6.07, 6.45) is -0.997. The lowest BCUT2D eigenvalue weighted by molar-refractivity contribution is -0.144. The number of hydrogen-bond donors (Lipinski definition) is 0. The number of fused-ring (bicyclic) bond motifs is 3. The molecular weight excluding hydrogens is 345 g/mol. The highest BCUT2D eigenvalue weighted by Crippen LogP contribution is 2.41. The predicted octanol–water partition coefficient (Wildman–Crippen LogP) is 3.94. The van der Waals surface area contributed by atoms with Crippen molar-refractivity contribution in [1.82, 2.24) is 19.3 Å². The van der Waals surface area contributed by atoms with E-state index in [2.05, 4.69) is 10.1 Å². The van der Waals surface area contributed by atoms with Crippen LogP contribution >= 0.6 is 0 Å². The minimum Gasteiger partial charge on any atom is -0.497 e. The van der Waals surface area contributed by atoms with E-state index in [4.69, 9.17) is 4.74 Å². The Labute approximate surface area is 148 Å². The molecule has 0 saturated carbocycles. The summed E-state index contributed by atoms with van der Waals surface area (Å²) in [4.78, 5) is 4.08. The van der Waals surface area contributed by atoms with Crippen LogP contribution in [0.5, 0.6) is 5.75 Å². The average Bonchev–Trinajstić information content (AvgIpc) is 3.20. The number of imidazole rings is 1. The van der Waals surface area contributed by atoms with E-state index in [-0.39, 0.29) is 24.6 Å². The maximum atomic E-state index is 13.8. The zero-order chi connectivity index (χ0) is 18.5. The average molecular weight is 362 g/mol. The number of nitrogens with zero attached hydrogens (tertiary/aromatic N) is 4. The number of ether oxygens (including phenoxy) is 1. The molecule has 0 bridgehead atoms. The van der Waals surface area contributed by atoms with Gasteiger partial charge in [0.05, 0.1) is 31.9 Å². The molecule has 1 aromatic carbocycles. The predicted molar refractivity (Wildman–Crippen MR) is 89.0 cm³/mol. The summed E-state index contributed by atoms with van der Waals surface area (Å²) in [5.41, 5.74) is 1.27. The van der Waals surface area contributed by atoms with Gasteiger partial charge in [0.2, 0.25) is 0 Å². The zero-order valence-electron chi connectivity index (χ0n) is 14.3. The lowest BCUT2D eigenvalue weighted by Crippen LogP contribution is -2.20. The van der Waals surface area contributed by atoms with Crippen LogP contribution in [0.1, 0.15) is 29.8 Å². The maximum absolute atomic E-state index is 13.8. The molecule has 0 fully saturated rings. The Bertz CT molecular complexity index is 940. The summed E-state index contributed by atoms with van der Waals surface area (Å²) in [5.74, 6) is 0.655. The molecule has 5 nitrogen and oxygen atoms in total. The molecule has 0 N–H and O–H groups in total. The van der Waals surface area contributed by atoms with E-state index in [1.165, 1.54) is 0 Å². The van der Waals surface area contributed by atoms with E-state index in [1.807, 2.05) is 11.5 Å². The lowest BCUT2D eigenvalue weighted by atomic mass is 9.98. The van der Waals surface area contributed by atoms with Crippen LogP contribution < -0.4 is 4.74 Å². The van der Waals surface area contributed by atoms with Crippen molar-refractivity contribution in [2.24, 2.45) is 0 Å². The molecule has 8 heteroatoms. The number of benzene rings is 1. The van der Waals surface area contributed by atoms with E-state index in [0.29, 0.717) is 17.1 Å². The summed E-state index contributed by atoms with van der Waals surface area (Å²) in [6.45, 7) is 1.92. The van der Waals surface area contributed by atoms with Gasteiger partial charge in [-0.3, -0.25) is 4.68 Å². The summed E-state index contributed by atoms with van der Waals surface area (Å²) in [6, 6.07) is 6.84. The van der Waals surface area contributed by atoms with Crippen LogP contribution in [-0.2, 0) is 19.1 Å². The van der Waals surface area contributed by atoms with Crippen LogP contribution in [0.3, 0.4) is 0 Å². The monoisotopic (exact) mass is 362 g/mol. The Hall–Kier alpha value is -2.77. The molecule has 2 aromatic heterocycles. The molecular formula is C18H17F3N4O. The molecule has 3 aromatic rings. The van der Waals surface area contributed by atoms with Gasteiger partial charge in [0.15, 0.2) is 0 Å². The molecule has 0 saturated heterocycles.